The third kappa shape index (κ3) is 2.23. The fraction of sp³-hybridized carbons (Fsp3) is 0.500. The molecule has 1 atom stereocenters. The van der Waals surface area contributed by atoms with Gasteiger partial charge in [0.05, 0.1) is 6.20 Å². The summed E-state index contributed by atoms with van der Waals surface area (Å²) in [5.74, 6) is 0.594. The molecule has 0 amide bonds. The Balaban J connectivity index is 2.10. The van der Waals surface area contributed by atoms with Crippen LogP contribution in [0.4, 0.5) is 10.2 Å². The Kier molecular flexibility index (Phi) is 3.01. The van der Waals surface area contributed by atoms with Gasteiger partial charge in [0.15, 0.2) is 0 Å². The van der Waals surface area contributed by atoms with Crippen LogP contribution in [0.1, 0.15) is 12.8 Å². The predicted molar refractivity (Wildman–Crippen MR) is 58.4 cm³/mol. The van der Waals surface area contributed by atoms with Gasteiger partial charge in [-0.3, -0.25) is 0 Å². The number of nitrogens with zero attached hydrogens (tertiary/aromatic N) is 2. The summed E-state index contributed by atoms with van der Waals surface area (Å²) in [6, 6.07) is 3.19. The first-order valence-electron chi connectivity index (χ1n) is 4.76. The number of hydrogen-bond donors (Lipinski definition) is 0. The minimum atomic E-state index is -0.277. The Hall–Kier alpha value is -0.640. The van der Waals surface area contributed by atoms with Crippen molar-refractivity contribution in [2.45, 2.75) is 17.7 Å². The van der Waals surface area contributed by atoms with E-state index in [9.17, 15) is 4.39 Å². The summed E-state index contributed by atoms with van der Waals surface area (Å²) >= 11 is 3.60. The molecule has 1 unspecified atom stereocenters. The maximum absolute atomic E-state index is 12.6. The highest BCUT2D eigenvalue weighted by Gasteiger charge is 2.18. The van der Waals surface area contributed by atoms with Gasteiger partial charge in [-0.05, 0) is 25.0 Å². The molecule has 1 aromatic heterocycles. The van der Waals surface area contributed by atoms with Crippen LogP contribution in [0.2, 0.25) is 0 Å². The maximum atomic E-state index is 12.6. The summed E-state index contributed by atoms with van der Waals surface area (Å²) in [7, 11) is 0. The van der Waals surface area contributed by atoms with E-state index >= 15 is 0 Å². The van der Waals surface area contributed by atoms with Gasteiger partial charge in [0, 0.05) is 17.9 Å². The van der Waals surface area contributed by atoms with Gasteiger partial charge < -0.3 is 4.90 Å². The first-order valence-corrected chi connectivity index (χ1v) is 5.68. The van der Waals surface area contributed by atoms with E-state index in [2.05, 4.69) is 25.8 Å². The molecule has 0 aliphatic carbocycles. The van der Waals surface area contributed by atoms with Crippen LogP contribution in [0.25, 0.3) is 0 Å². The standard InChI is InChI=1S/C10H12BrFN2/c11-8-2-1-5-14(7-8)10-4-3-9(12)6-13-10/h3-4,6,8H,1-2,5,7H2. The van der Waals surface area contributed by atoms with Gasteiger partial charge in [0.25, 0.3) is 0 Å². The van der Waals surface area contributed by atoms with E-state index in [0.29, 0.717) is 4.83 Å². The molecule has 4 heteroatoms. The van der Waals surface area contributed by atoms with Crippen molar-refractivity contribution in [3.8, 4) is 0 Å². The number of piperidine rings is 1. The second-order valence-electron chi connectivity index (χ2n) is 3.52. The van der Waals surface area contributed by atoms with Gasteiger partial charge >= 0.3 is 0 Å². The monoisotopic (exact) mass is 258 g/mol. The molecule has 1 saturated heterocycles. The minimum absolute atomic E-state index is 0.277. The van der Waals surface area contributed by atoms with E-state index < -0.39 is 0 Å². The quantitative estimate of drug-likeness (QED) is 0.720. The highest BCUT2D eigenvalue weighted by molar-refractivity contribution is 9.09. The van der Waals surface area contributed by atoms with Crippen LogP contribution in [0.15, 0.2) is 18.3 Å². The SMILES string of the molecule is Fc1ccc(N2CCCC(Br)C2)nc1. The number of halogens is 2. The maximum Gasteiger partial charge on any atom is 0.141 e. The normalized spacial score (nSPS) is 22.4. The van der Waals surface area contributed by atoms with Gasteiger partial charge in [-0.25, -0.2) is 9.37 Å². The van der Waals surface area contributed by atoms with Crippen LogP contribution < -0.4 is 4.90 Å². The molecule has 0 aromatic carbocycles. The van der Waals surface area contributed by atoms with E-state index in [1.807, 2.05) is 0 Å². The summed E-state index contributed by atoms with van der Waals surface area (Å²) in [5.41, 5.74) is 0. The molecule has 14 heavy (non-hydrogen) atoms. The summed E-state index contributed by atoms with van der Waals surface area (Å²) in [4.78, 5) is 6.78. The number of rotatable bonds is 1. The highest BCUT2D eigenvalue weighted by Crippen LogP contribution is 2.21. The van der Waals surface area contributed by atoms with Crippen molar-refractivity contribution in [2.24, 2.45) is 0 Å². The molecule has 2 heterocycles. The summed E-state index contributed by atoms with van der Waals surface area (Å²) in [6.07, 6.45) is 3.64. The van der Waals surface area contributed by atoms with Crippen LogP contribution in [0.5, 0.6) is 0 Å². The molecule has 2 nitrogen and oxygen atoms in total. The molecule has 0 N–H and O–H groups in total. The van der Waals surface area contributed by atoms with Crippen LogP contribution in [0.3, 0.4) is 0 Å². The first kappa shape index (κ1) is 9.90. The van der Waals surface area contributed by atoms with Gasteiger partial charge in [0.2, 0.25) is 0 Å². The van der Waals surface area contributed by atoms with E-state index in [-0.39, 0.29) is 5.82 Å². The second kappa shape index (κ2) is 4.26. The van der Waals surface area contributed by atoms with Crippen LogP contribution >= 0.6 is 15.9 Å². The predicted octanol–water partition coefficient (Wildman–Crippen LogP) is 2.58. The van der Waals surface area contributed by atoms with Gasteiger partial charge in [-0.1, -0.05) is 15.9 Å². The average Bonchev–Trinajstić information content (AvgIpc) is 2.19. The average molecular weight is 259 g/mol. The Morgan fingerprint density at radius 3 is 3.00 bits per heavy atom. The van der Waals surface area contributed by atoms with Gasteiger partial charge in [-0.2, -0.15) is 0 Å². The number of alkyl halides is 1. The van der Waals surface area contributed by atoms with Crippen molar-refractivity contribution in [1.29, 1.82) is 0 Å². The summed E-state index contributed by atoms with van der Waals surface area (Å²) in [6.45, 7) is 1.97. The summed E-state index contributed by atoms with van der Waals surface area (Å²) < 4.78 is 12.6. The Bertz CT molecular complexity index is 301. The first-order chi connectivity index (χ1) is 6.75. The summed E-state index contributed by atoms with van der Waals surface area (Å²) in [5, 5.41) is 0. The van der Waals surface area contributed by atoms with Crippen molar-refractivity contribution in [3.05, 3.63) is 24.1 Å². The molecule has 2 rings (SSSR count). The van der Waals surface area contributed by atoms with Crippen LogP contribution in [0, 0.1) is 5.82 Å². The smallest absolute Gasteiger partial charge is 0.141 e. The fourth-order valence-electron chi connectivity index (χ4n) is 1.69. The zero-order chi connectivity index (χ0) is 9.97. The number of hydrogen-bond acceptors (Lipinski definition) is 2. The van der Waals surface area contributed by atoms with E-state index in [0.717, 1.165) is 25.3 Å². The molecule has 0 bridgehead atoms. The molecule has 1 fully saturated rings. The van der Waals surface area contributed by atoms with Crippen molar-refractivity contribution < 1.29 is 4.39 Å². The molecule has 1 aromatic rings. The third-order valence-corrected chi connectivity index (χ3v) is 3.15. The largest absolute Gasteiger partial charge is 0.356 e. The van der Waals surface area contributed by atoms with Crippen molar-refractivity contribution in [2.75, 3.05) is 18.0 Å². The lowest BCUT2D eigenvalue weighted by atomic mass is 10.1. The Morgan fingerprint density at radius 2 is 2.36 bits per heavy atom. The third-order valence-electron chi connectivity index (χ3n) is 2.40. The number of pyridine rings is 1. The highest BCUT2D eigenvalue weighted by atomic mass is 79.9. The topological polar surface area (TPSA) is 16.1 Å². The molecule has 0 saturated carbocycles. The lowest BCUT2D eigenvalue weighted by molar-refractivity contribution is 0.586. The zero-order valence-corrected chi connectivity index (χ0v) is 9.37. The molecule has 1 aliphatic heterocycles. The zero-order valence-electron chi connectivity index (χ0n) is 7.79. The van der Waals surface area contributed by atoms with E-state index in [1.54, 1.807) is 6.07 Å². The molecule has 1 aliphatic rings. The van der Waals surface area contributed by atoms with Crippen molar-refractivity contribution in [1.82, 2.24) is 4.98 Å². The minimum Gasteiger partial charge on any atom is -0.356 e. The van der Waals surface area contributed by atoms with E-state index in [1.165, 1.54) is 18.7 Å². The molecule has 0 radical (unpaired) electrons. The molecular weight excluding hydrogens is 247 g/mol. The second-order valence-corrected chi connectivity index (χ2v) is 4.82. The lowest BCUT2D eigenvalue weighted by Crippen LogP contribution is -2.36. The van der Waals surface area contributed by atoms with Crippen molar-refractivity contribution in [3.63, 3.8) is 0 Å². The fourth-order valence-corrected chi connectivity index (χ4v) is 2.36. The number of anilines is 1. The van der Waals surface area contributed by atoms with E-state index in [4.69, 9.17) is 0 Å². The van der Waals surface area contributed by atoms with Crippen LogP contribution in [-0.4, -0.2) is 22.9 Å². The molecule has 76 valence electrons. The lowest BCUT2D eigenvalue weighted by Gasteiger charge is -2.30. The van der Waals surface area contributed by atoms with Gasteiger partial charge in [0.1, 0.15) is 11.6 Å². The van der Waals surface area contributed by atoms with Crippen LogP contribution in [-0.2, 0) is 0 Å². The molecule has 0 spiro atoms. The van der Waals surface area contributed by atoms with Crippen molar-refractivity contribution >= 4 is 21.7 Å². The Morgan fingerprint density at radius 1 is 1.50 bits per heavy atom. The Labute approximate surface area is 91.3 Å². The van der Waals surface area contributed by atoms with Gasteiger partial charge in [-0.15, -0.1) is 0 Å². The number of aromatic nitrogens is 1. The molecular formula is C10H12BrFN2.